The van der Waals surface area contributed by atoms with E-state index in [1.165, 1.54) is 36.4 Å². The van der Waals surface area contributed by atoms with Crippen molar-refractivity contribution >= 4 is 5.91 Å². The Morgan fingerprint density at radius 3 is 2.55 bits per heavy atom. The van der Waals surface area contributed by atoms with Crippen LogP contribution >= 0.6 is 0 Å². The molecule has 2 aliphatic heterocycles. The van der Waals surface area contributed by atoms with Crippen molar-refractivity contribution in [2.75, 3.05) is 39.6 Å². The first kappa shape index (κ1) is 19.6. The van der Waals surface area contributed by atoms with Crippen LogP contribution in [0.4, 0.5) is 8.78 Å². The lowest BCUT2D eigenvalue weighted by Crippen LogP contribution is -2.49. The first-order valence-electron chi connectivity index (χ1n) is 9.49. The Hall–Kier alpha value is -2.71. The minimum atomic E-state index is -0.350. The van der Waals surface area contributed by atoms with Crippen molar-refractivity contribution in [1.82, 2.24) is 9.80 Å². The van der Waals surface area contributed by atoms with Crippen molar-refractivity contribution in [3.8, 4) is 11.5 Å². The third-order valence-corrected chi connectivity index (χ3v) is 5.05. The fourth-order valence-electron chi connectivity index (χ4n) is 3.54. The lowest BCUT2D eigenvalue weighted by Gasteiger charge is -2.35. The number of halogens is 2. The zero-order valence-corrected chi connectivity index (χ0v) is 15.9. The molecule has 154 valence electrons. The van der Waals surface area contributed by atoms with Crippen LogP contribution in [-0.4, -0.2) is 55.3 Å². The van der Waals surface area contributed by atoms with Gasteiger partial charge in [-0.25, -0.2) is 8.78 Å². The Morgan fingerprint density at radius 2 is 1.79 bits per heavy atom. The second-order valence-electron chi connectivity index (χ2n) is 7.06. The smallest absolute Gasteiger partial charge is 0.260 e. The van der Waals surface area contributed by atoms with E-state index in [0.717, 1.165) is 11.1 Å². The minimum Gasteiger partial charge on any atom is -0.484 e. The monoisotopic (exact) mass is 404 g/mol. The Bertz CT molecular complexity index is 868. The predicted octanol–water partition coefficient (Wildman–Crippen LogP) is 2.55. The highest BCUT2D eigenvalue weighted by atomic mass is 19.1. The van der Waals surface area contributed by atoms with Gasteiger partial charge in [0.1, 0.15) is 23.1 Å². The second-order valence-corrected chi connectivity index (χ2v) is 7.06. The summed E-state index contributed by atoms with van der Waals surface area (Å²) < 4.78 is 43.0. The number of fused-ring (bicyclic) bond motifs is 1. The average molecular weight is 404 g/mol. The van der Waals surface area contributed by atoms with Crippen molar-refractivity contribution in [3.05, 3.63) is 59.2 Å². The maximum absolute atomic E-state index is 13.9. The molecule has 8 heteroatoms. The number of carbonyl (C=O) groups is 1. The van der Waals surface area contributed by atoms with Crippen molar-refractivity contribution in [1.29, 1.82) is 0 Å². The first-order chi connectivity index (χ1) is 14.1. The van der Waals surface area contributed by atoms with Gasteiger partial charge in [-0.05, 0) is 36.4 Å². The summed E-state index contributed by atoms with van der Waals surface area (Å²) in [7, 11) is 0. The van der Waals surface area contributed by atoms with Crippen LogP contribution in [0.2, 0.25) is 0 Å². The number of ether oxygens (including phenoxy) is 3. The Labute approximate surface area is 167 Å². The van der Waals surface area contributed by atoms with Crippen LogP contribution in [0.1, 0.15) is 11.1 Å². The van der Waals surface area contributed by atoms with Crippen LogP contribution in [0.3, 0.4) is 0 Å². The fraction of sp³-hybridized carbons (Fsp3) is 0.381. The molecule has 0 spiro atoms. The van der Waals surface area contributed by atoms with Gasteiger partial charge in [-0.1, -0.05) is 0 Å². The highest BCUT2D eigenvalue weighted by molar-refractivity contribution is 5.77. The standard InChI is InChI=1S/C21H22F2N2O4/c22-17-1-3-19(4-2-17)28-13-20(26)25-7-5-24(6-8-25)11-15-9-18(23)10-16-12-27-14-29-21(15)16/h1-4,9-10H,5-8,11-14H2. The van der Waals surface area contributed by atoms with Crippen molar-refractivity contribution in [2.45, 2.75) is 13.2 Å². The molecule has 29 heavy (non-hydrogen) atoms. The summed E-state index contributed by atoms with van der Waals surface area (Å²) in [5.41, 5.74) is 1.51. The van der Waals surface area contributed by atoms with Gasteiger partial charge in [-0.15, -0.1) is 0 Å². The van der Waals surface area contributed by atoms with Gasteiger partial charge < -0.3 is 19.1 Å². The molecular formula is C21H22F2N2O4. The zero-order valence-electron chi connectivity index (χ0n) is 15.9. The van der Waals surface area contributed by atoms with E-state index < -0.39 is 0 Å². The second kappa shape index (κ2) is 8.75. The van der Waals surface area contributed by atoms with Crippen LogP contribution < -0.4 is 9.47 Å². The van der Waals surface area contributed by atoms with Gasteiger partial charge in [0.25, 0.3) is 5.91 Å². The lowest BCUT2D eigenvalue weighted by molar-refractivity contribution is -0.135. The molecule has 0 aromatic heterocycles. The van der Waals surface area contributed by atoms with E-state index >= 15 is 0 Å². The average Bonchev–Trinajstić information content (AvgIpc) is 2.73. The van der Waals surface area contributed by atoms with Crippen LogP contribution in [0.15, 0.2) is 36.4 Å². The summed E-state index contributed by atoms with van der Waals surface area (Å²) >= 11 is 0. The van der Waals surface area contributed by atoms with Crippen molar-refractivity contribution in [2.24, 2.45) is 0 Å². The van der Waals surface area contributed by atoms with Crippen LogP contribution in [0, 0.1) is 11.6 Å². The molecule has 2 heterocycles. The van der Waals surface area contributed by atoms with Gasteiger partial charge in [-0.3, -0.25) is 9.69 Å². The molecule has 0 N–H and O–H groups in total. The molecule has 0 atom stereocenters. The third kappa shape index (κ3) is 4.83. The SMILES string of the molecule is O=C(COc1ccc(F)cc1)N1CCN(Cc2cc(F)cc3c2OCOC3)CC1. The fourth-order valence-corrected chi connectivity index (χ4v) is 3.54. The summed E-state index contributed by atoms with van der Waals surface area (Å²) in [4.78, 5) is 16.3. The lowest BCUT2D eigenvalue weighted by atomic mass is 10.1. The third-order valence-electron chi connectivity index (χ3n) is 5.05. The summed E-state index contributed by atoms with van der Waals surface area (Å²) in [5.74, 6) is 0.386. The first-order valence-corrected chi connectivity index (χ1v) is 9.49. The maximum atomic E-state index is 13.9. The van der Waals surface area contributed by atoms with E-state index in [1.807, 2.05) is 0 Å². The summed E-state index contributed by atoms with van der Waals surface area (Å²) in [6, 6.07) is 8.51. The van der Waals surface area contributed by atoms with Crippen LogP contribution in [0.5, 0.6) is 11.5 Å². The Morgan fingerprint density at radius 1 is 1.03 bits per heavy atom. The number of benzene rings is 2. The quantitative estimate of drug-likeness (QED) is 0.767. The van der Waals surface area contributed by atoms with E-state index in [0.29, 0.717) is 50.8 Å². The molecule has 1 amide bonds. The number of hydrogen-bond acceptors (Lipinski definition) is 5. The van der Waals surface area contributed by atoms with Gasteiger partial charge in [0.2, 0.25) is 0 Å². The molecule has 6 nitrogen and oxygen atoms in total. The van der Waals surface area contributed by atoms with E-state index in [9.17, 15) is 13.6 Å². The topological polar surface area (TPSA) is 51.2 Å². The Kier molecular flexibility index (Phi) is 5.92. The van der Waals surface area contributed by atoms with Crippen molar-refractivity contribution in [3.63, 3.8) is 0 Å². The molecule has 4 rings (SSSR count). The van der Waals surface area contributed by atoms with E-state index in [-0.39, 0.29) is 30.9 Å². The highest BCUT2D eigenvalue weighted by Gasteiger charge is 2.24. The van der Waals surface area contributed by atoms with Gasteiger partial charge in [0.05, 0.1) is 6.61 Å². The number of hydrogen-bond donors (Lipinski definition) is 0. The largest absolute Gasteiger partial charge is 0.484 e. The normalized spacial score (nSPS) is 16.8. The van der Waals surface area contributed by atoms with Gasteiger partial charge >= 0.3 is 0 Å². The summed E-state index contributed by atoms with van der Waals surface area (Å²) in [5, 5.41) is 0. The number of amides is 1. The summed E-state index contributed by atoms with van der Waals surface area (Å²) in [6.07, 6.45) is 0. The number of rotatable bonds is 5. The minimum absolute atomic E-state index is 0.0864. The van der Waals surface area contributed by atoms with Crippen LogP contribution in [0.25, 0.3) is 0 Å². The number of nitrogens with zero attached hydrogens (tertiary/aromatic N) is 2. The molecule has 0 radical (unpaired) electrons. The molecular weight excluding hydrogens is 382 g/mol. The molecule has 1 fully saturated rings. The molecule has 1 saturated heterocycles. The van der Waals surface area contributed by atoms with Gasteiger partial charge in [0, 0.05) is 43.9 Å². The van der Waals surface area contributed by atoms with E-state index in [4.69, 9.17) is 14.2 Å². The Balaban J connectivity index is 1.29. The van der Waals surface area contributed by atoms with E-state index in [1.54, 1.807) is 4.90 Å². The maximum Gasteiger partial charge on any atom is 0.260 e. The molecule has 2 aromatic rings. The zero-order chi connectivity index (χ0) is 20.2. The van der Waals surface area contributed by atoms with Crippen LogP contribution in [-0.2, 0) is 22.7 Å². The molecule has 0 saturated carbocycles. The van der Waals surface area contributed by atoms with E-state index in [2.05, 4.69) is 4.90 Å². The summed E-state index contributed by atoms with van der Waals surface area (Å²) in [6.45, 7) is 3.44. The molecule has 0 aliphatic carbocycles. The number of piperazine rings is 1. The number of carbonyl (C=O) groups excluding carboxylic acids is 1. The molecule has 0 unspecified atom stereocenters. The predicted molar refractivity (Wildman–Crippen MR) is 100 cm³/mol. The van der Waals surface area contributed by atoms with Gasteiger partial charge in [0.15, 0.2) is 13.4 Å². The van der Waals surface area contributed by atoms with Gasteiger partial charge in [-0.2, -0.15) is 0 Å². The molecule has 0 bridgehead atoms. The highest BCUT2D eigenvalue weighted by Crippen LogP contribution is 2.30. The van der Waals surface area contributed by atoms with Crippen molar-refractivity contribution < 1.29 is 27.8 Å². The molecule has 2 aromatic carbocycles. The molecule has 2 aliphatic rings.